The first-order valence-electron chi connectivity index (χ1n) is 4.97. The van der Waals surface area contributed by atoms with Crippen LogP contribution in [0.15, 0.2) is 23.4 Å². The van der Waals surface area contributed by atoms with Gasteiger partial charge in [0.1, 0.15) is 11.6 Å². The standard InChI is InChI=1S/C10H11ClN2O3S/c1-3-9-12-10(17(11,14)15)8-6-7(16-2)4-5-13(8)9/h4-6H,3H2,1-2H3. The lowest BCUT2D eigenvalue weighted by atomic mass is 10.4. The van der Waals surface area contributed by atoms with E-state index in [0.29, 0.717) is 23.5 Å². The molecule has 0 aliphatic rings. The first-order valence-corrected chi connectivity index (χ1v) is 7.28. The Balaban J connectivity index is 2.84. The van der Waals surface area contributed by atoms with Gasteiger partial charge in [0.15, 0.2) is 5.03 Å². The van der Waals surface area contributed by atoms with Crippen molar-refractivity contribution in [3.63, 3.8) is 0 Å². The molecule has 0 atom stereocenters. The maximum absolute atomic E-state index is 11.4. The van der Waals surface area contributed by atoms with E-state index in [0.717, 1.165) is 0 Å². The molecule has 5 nitrogen and oxygen atoms in total. The van der Waals surface area contributed by atoms with Gasteiger partial charge in [-0.3, -0.25) is 0 Å². The van der Waals surface area contributed by atoms with Crippen LogP contribution in [0.5, 0.6) is 5.75 Å². The smallest absolute Gasteiger partial charge is 0.280 e. The van der Waals surface area contributed by atoms with Crippen LogP contribution in [-0.2, 0) is 15.5 Å². The topological polar surface area (TPSA) is 60.7 Å². The second-order valence-electron chi connectivity index (χ2n) is 3.45. The summed E-state index contributed by atoms with van der Waals surface area (Å²) in [5.41, 5.74) is 0.427. The molecule has 0 unspecified atom stereocenters. The van der Waals surface area contributed by atoms with Crippen LogP contribution in [0.25, 0.3) is 5.52 Å². The average molecular weight is 275 g/mol. The Kier molecular flexibility index (Phi) is 3.01. The zero-order valence-corrected chi connectivity index (χ0v) is 10.9. The van der Waals surface area contributed by atoms with Crippen molar-refractivity contribution in [2.75, 3.05) is 7.11 Å². The quantitative estimate of drug-likeness (QED) is 0.801. The molecule has 17 heavy (non-hydrogen) atoms. The largest absolute Gasteiger partial charge is 0.497 e. The van der Waals surface area contributed by atoms with Crippen LogP contribution >= 0.6 is 10.7 Å². The molecule has 0 aromatic carbocycles. The number of pyridine rings is 1. The highest BCUT2D eigenvalue weighted by Gasteiger charge is 2.20. The Morgan fingerprint density at radius 2 is 2.24 bits per heavy atom. The highest BCUT2D eigenvalue weighted by Crippen LogP contribution is 2.25. The summed E-state index contributed by atoms with van der Waals surface area (Å²) >= 11 is 0. The van der Waals surface area contributed by atoms with Crippen molar-refractivity contribution in [3.8, 4) is 5.75 Å². The van der Waals surface area contributed by atoms with Crippen molar-refractivity contribution >= 4 is 25.2 Å². The summed E-state index contributed by atoms with van der Waals surface area (Å²) < 4.78 is 29.6. The molecule has 0 amide bonds. The van der Waals surface area contributed by atoms with Crippen LogP contribution in [0.2, 0.25) is 0 Å². The van der Waals surface area contributed by atoms with Crippen molar-refractivity contribution in [1.29, 1.82) is 0 Å². The average Bonchev–Trinajstić information content (AvgIpc) is 2.66. The molecule has 0 aliphatic heterocycles. The summed E-state index contributed by atoms with van der Waals surface area (Å²) in [6, 6.07) is 3.33. The zero-order chi connectivity index (χ0) is 12.6. The minimum atomic E-state index is -3.86. The lowest BCUT2D eigenvalue weighted by Crippen LogP contribution is -1.93. The maximum Gasteiger partial charge on any atom is 0.280 e. The molecule has 2 rings (SSSR count). The number of methoxy groups -OCH3 is 1. The second kappa shape index (κ2) is 4.19. The van der Waals surface area contributed by atoms with E-state index in [4.69, 9.17) is 15.4 Å². The fourth-order valence-corrected chi connectivity index (χ4v) is 2.62. The molecule has 0 saturated heterocycles. The first kappa shape index (κ1) is 12.2. The highest BCUT2D eigenvalue weighted by atomic mass is 35.7. The summed E-state index contributed by atoms with van der Waals surface area (Å²) in [6.45, 7) is 1.89. The number of ether oxygens (including phenoxy) is 1. The fourth-order valence-electron chi connectivity index (χ4n) is 1.65. The van der Waals surface area contributed by atoms with Crippen LogP contribution in [0.4, 0.5) is 0 Å². The molecule has 0 radical (unpaired) electrons. The number of fused-ring (bicyclic) bond motifs is 1. The van der Waals surface area contributed by atoms with E-state index in [-0.39, 0.29) is 5.03 Å². The van der Waals surface area contributed by atoms with Gasteiger partial charge in [-0.2, -0.15) is 0 Å². The van der Waals surface area contributed by atoms with Gasteiger partial charge in [-0.15, -0.1) is 0 Å². The third-order valence-corrected chi connectivity index (χ3v) is 3.64. The van der Waals surface area contributed by atoms with Crippen LogP contribution in [-0.4, -0.2) is 24.9 Å². The molecule has 7 heteroatoms. The predicted octanol–water partition coefficient (Wildman–Crippen LogP) is 1.83. The summed E-state index contributed by atoms with van der Waals surface area (Å²) in [7, 11) is 3.01. The molecule has 0 saturated carbocycles. The molecule has 0 N–H and O–H groups in total. The van der Waals surface area contributed by atoms with E-state index in [1.807, 2.05) is 6.92 Å². The van der Waals surface area contributed by atoms with Gasteiger partial charge in [0.2, 0.25) is 0 Å². The van der Waals surface area contributed by atoms with Gasteiger partial charge < -0.3 is 9.14 Å². The number of aryl methyl sites for hydroxylation is 1. The van der Waals surface area contributed by atoms with E-state index in [2.05, 4.69) is 4.98 Å². The first-order chi connectivity index (χ1) is 7.97. The summed E-state index contributed by atoms with van der Waals surface area (Å²) in [4.78, 5) is 4.04. The van der Waals surface area contributed by atoms with Crippen molar-refractivity contribution in [3.05, 3.63) is 24.2 Å². The Morgan fingerprint density at radius 3 is 2.76 bits per heavy atom. The summed E-state index contributed by atoms with van der Waals surface area (Å²) in [5, 5.41) is -0.130. The third-order valence-electron chi connectivity index (χ3n) is 2.44. The number of rotatable bonds is 3. The van der Waals surface area contributed by atoms with E-state index >= 15 is 0 Å². The molecule has 0 aliphatic carbocycles. The number of hydrogen-bond donors (Lipinski definition) is 0. The van der Waals surface area contributed by atoms with Gasteiger partial charge in [0.25, 0.3) is 9.05 Å². The third kappa shape index (κ3) is 2.10. The normalized spacial score (nSPS) is 11.9. The predicted molar refractivity (Wildman–Crippen MR) is 64.2 cm³/mol. The Bertz CT molecular complexity index is 663. The van der Waals surface area contributed by atoms with Crippen LogP contribution in [0.3, 0.4) is 0 Å². The fraction of sp³-hybridized carbons (Fsp3) is 0.300. The number of nitrogens with zero attached hydrogens (tertiary/aromatic N) is 2. The molecule has 2 heterocycles. The number of hydrogen-bond acceptors (Lipinski definition) is 4. The minimum Gasteiger partial charge on any atom is -0.497 e. The summed E-state index contributed by atoms with van der Waals surface area (Å²) in [5.74, 6) is 1.20. The molecule has 2 aromatic heterocycles. The molecule has 2 aromatic rings. The lowest BCUT2D eigenvalue weighted by Gasteiger charge is -2.02. The van der Waals surface area contributed by atoms with Crippen molar-refractivity contribution < 1.29 is 13.2 Å². The van der Waals surface area contributed by atoms with Crippen LogP contribution in [0.1, 0.15) is 12.7 Å². The SMILES string of the molecule is CCc1nc(S(=O)(=O)Cl)c2cc(OC)ccn12. The van der Waals surface area contributed by atoms with E-state index in [1.165, 1.54) is 7.11 Å². The Hall–Kier alpha value is -1.27. The monoisotopic (exact) mass is 274 g/mol. The van der Waals surface area contributed by atoms with Gasteiger partial charge in [-0.1, -0.05) is 6.92 Å². The lowest BCUT2D eigenvalue weighted by molar-refractivity contribution is 0.414. The van der Waals surface area contributed by atoms with Crippen LogP contribution in [0, 0.1) is 0 Å². The van der Waals surface area contributed by atoms with Gasteiger partial charge in [0.05, 0.1) is 12.6 Å². The Morgan fingerprint density at radius 1 is 1.53 bits per heavy atom. The molecular weight excluding hydrogens is 264 g/mol. The number of halogens is 1. The molecule has 0 bridgehead atoms. The molecule has 0 spiro atoms. The molecule has 0 fully saturated rings. The van der Waals surface area contributed by atoms with Gasteiger partial charge in [0, 0.05) is 29.4 Å². The Labute approximate surface area is 103 Å². The van der Waals surface area contributed by atoms with Crippen molar-refractivity contribution in [1.82, 2.24) is 9.38 Å². The van der Waals surface area contributed by atoms with E-state index < -0.39 is 9.05 Å². The molecular formula is C10H11ClN2O3S. The van der Waals surface area contributed by atoms with Crippen LogP contribution < -0.4 is 4.74 Å². The zero-order valence-electron chi connectivity index (χ0n) is 9.34. The summed E-state index contributed by atoms with van der Waals surface area (Å²) in [6.07, 6.45) is 2.32. The highest BCUT2D eigenvalue weighted by molar-refractivity contribution is 8.13. The number of aromatic nitrogens is 2. The van der Waals surface area contributed by atoms with E-state index in [1.54, 1.807) is 22.7 Å². The minimum absolute atomic E-state index is 0.130. The van der Waals surface area contributed by atoms with E-state index in [9.17, 15) is 8.42 Å². The van der Waals surface area contributed by atoms with Gasteiger partial charge >= 0.3 is 0 Å². The van der Waals surface area contributed by atoms with Gasteiger partial charge in [-0.05, 0) is 6.07 Å². The van der Waals surface area contributed by atoms with Gasteiger partial charge in [-0.25, -0.2) is 13.4 Å². The molecule has 92 valence electrons. The van der Waals surface area contributed by atoms with Crippen molar-refractivity contribution in [2.24, 2.45) is 0 Å². The van der Waals surface area contributed by atoms with Crippen molar-refractivity contribution in [2.45, 2.75) is 18.4 Å². The number of imidazole rings is 1. The second-order valence-corrected chi connectivity index (χ2v) is 5.93. The maximum atomic E-state index is 11.4.